The zero-order valence-corrected chi connectivity index (χ0v) is 15.3. The highest BCUT2D eigenvalue weighted by atomic mass is 16.3. The van der Waals surface area contributed by atoms with Crippen LogP contribution < -0.4 is 5.32 Å². The van der Waals surface area contributed by atoms with E-state index in [2.05, 4.69) is 29.4 Å². The molecule has 0 aromatic carbocycles. The van der Waals surface area contributed by atoms with Crippen molar-refractivity contribution in [2.75, 3.05) is 0 Å². The summed E-state index contributed by atoms with van der Waals surface area (Å²) >= 11 is 0. The first-order valence-corrected chi connectivity index (χ1v) is 8.84. The Labute approximate surface area is 148 Å². The van der Waals surface area contributed by atoms with E-state index in [-0.39, 0.29) is 24.0 Å². The molecular weight excluding hydrogens is 318 g/mol. The normalized spacial score (nSPS) is 21.2. The quantitative estimate of drug-likeness (QED) is 0.833. The number of hydrogen-bond acceptors (Lipinski definition) is 4. The average Bonchev–Trinajstić information content (AvgIpc) is 3.07. The van der Waals surface area contributed by atoms with Gasteiger partial charge < -0.3 is 10.4 Å². The second kappa shape index (κ2) is 7.00. The number of carbonyl (C=O) groups is 1. The Morgan fingerprint density at radius 3 is 2.68 bits per heavy atom. The number of aromatic nitrogens is 4. The third-order valence-electron chi connectivity index (χ3n) is 4.77. The maximum Gasteiger partial charge on any atom is 0.270 e. The molecule has 1 atom stereocenters. The monoisotopic (exact) mass is 345 g/mol. The SMILES string of the molecule is CC(C)Cc1cc(C(=O)NC(c2cnn(C)c2)C2CC(O)C2)n(C)n1. The fourth-order valence-corrected chi connectivity index (χ4v) is 3.45. The molecule has 1 aliphatic carbocycles. The molecule has 0 aliphatic heterocycles. The van der Waals surface area contributed by atoms with Crippen LogP contribution in [0, 0.1) is 11.8 Å². The van der Waals surface area contributed by atoms with Crippen LogP contribution in [0.15, 0.2) is 18.5 Å². The molecule has 1 fully saturated rings. The van der Waals surface area contributed by atoms with Gasteiger partial charge in [0.2, 0.25) is 0 Å². The Hall–Kier alpha value is -2.15. The average molecular weight is 345 g/mol. The molecule has 1 amide bonds. The van der Waals surface area contributed by atoms with Crippen LogP contribution in [0.25, 0.3) is 0 Å². The summed E-state index contributed by atoms with van der Waals surface area (Å²) < 4.78 is 3.37. The summed E-state index contributed by atoms with van der Waals surface area (Å²) in [5, 5.41) is 21.4. The molecule has 3 rings (SSSR count). The minimum absolute atomic E-state index is 0.139. The molecule has 0 spiro atoms. The fourth-order valence-electron chi connectivity index (χ4n) is 3.45. The Morgan fingerprint density at radius 1 is 1.40 bits per heavy atom. The molecule has 0 bridgehead atoms. The molecule has 2 aromatic heterocycles. The summed E-state index contributed by atoms with van der Waals surface area (Å²) in [6.07, 6.45) is 5.68. The van der Waals surface area contributed by atoms with Gasteiger partial charge in [0.25, 0.3) is 5.91 Å². The molecule has 2 aromatic rings. The first-order valence-electron chi connectivity index (χ1n) is 8.84. The Morgan fingerprint density at radius 2 is 2.12 bits per heavy atom. The van der Waals surface area contributed by atoms with Gasteiger partial charge in [-0.05, 0) is 37.2 Å². The number of aryl methyl sites for hydroxylation is 2. The van der Waals surface area contributed by atoms with Crippen LogP contribution in [-0.4, -0.2) is 36.7 Å². The van der Waals surface area contributed by atoms with E-state index in [9.17, 15) is 9.90 Å². The van der Waals surface area contributed by atoms with Gasteiger partial charge in [-0.25, -0.2) is 0 Å². The summed E-state index contributed by atoms with van der Waals surface area (Å²) in [7, 11) is 3.65. The van der Waals surface area contributed by atoms with E-state index >= 15 is 0 Å². The third-order valence-corrected chi connectivity index (χ3v) is 4.77. The second-order valence-corrected chi connectivity index (χ2v) is 7.53. The van der Waals surface area contributed by atoms with Crippen LogP contribution in [0.2, 0.25) is 0 Å². The lowest BCUT2D eigenvalue weighted by molar-refractivity contribution is 0.0234. The molecule has 1 saturated carbocycles. The van der Waals surface area contributed by atoms with Gasteiger partial charge in [-0.3, -0.25) is 14.2 Å². The van der Waals surface area contributed by atoms with Crippen molar-refractivity contribution in [3.8, 4) is 0 Å². The highest BCUT2D eigenvalue weighted by Gasteiger charge is 2.36. The molecule has 7 nitrogen and oxygen atoms in total. The van der Waals surface area contributed by atoms with Gasteiger partial charge in [0.05, 0.1) is 24.0 Å². The van der Waals surface area contributed by atoms with Gasteiger partial charge >= 0.3 is 0 Å². The number of aliphatic hydroxyl groups excluding tert-OH is 1. The first-order chi connectivity index (χ1) is 11.8. The van der Waals surface area contributed by atoms with Gasteiger partial charge in [-0.2, -0.15) is 10.2 Å². The number of nitrogens with one attached hydrogen (secondary N) is 1. The minimum atomic E-state index is -0.268. The Bertz CT molecular complexity index is 742. The minimum Gasteiger partial charge on any atom is -0.393 e. The zero-order valence-electron chi connectivity index (χ0n) is 15.3. The van der Waals surface area contributed by atoms with E-state index in [1.165, 1.54) is 0 Å². The summed E-state index contributed by atoms with van der Waals surface area (Å²) in [6.45, 7) is 4.27. The maximum atomic E-state index is 12.8. The number of rotatable bonds is 6. The topological polar surface area (TPSA) is 85.0 Å². The molecule has 1 unspecified atom stereocenters. The molecule has 0 saturated heterocycles. The van der Waals surface area contributed by atoms with Crippen LogP contribution in [0.3, 0.4) is 0 Å². The van der Waals surface area contributed by atoms with E-state index < -0.39 is 0 Å². The van der Waals surface area contributed by atoms with Gasteiger partial charge in [-0.1, -0.05) is 13.8 Å². The fraction of sp³-hybridized carbons (Fsp3) is 0.611. The summed E-state index contributed by atoms with van der Waals surface area (Å²) in [5.74, 6) is 0.581. The number of hydrogen-bond donors (Lipinski definition) is 2. The van der Waals surface area contributed by atoms with Crippen LogP contribution in [0.4, 0.5) is 0 Å². The number of nitrogens with zero attached hydrogens (tertiary/aromatic N) is 4. The molecular formula is C18H27N5O2. The summed E-state index contributed by atoms with van der Waals surface area (Å²) in [6, 6.07) is 1.72. The van der Waals surface area contributed by atoms with E-state index in [4.69, 9.17) is 0 Å². The van der Waals surface area contributed by atoms with Crippen LogP contribution in [0.1, 0.15) is 54.5 Å². The van der Waals surface area contributed by atoms with Crippen molar-refractivity contribution < 1.29 is 9.90 Å². The largest absolute Gasteiger partial charge is 0.393 e. The van der Waals surface area contributed by atoms with Crippen molar-refractivity contribution in [1.29, 1.82) is 0 Å². The van der Waals surface area contributed by atoms with Crippen molar-refractivity contribution in [3.63, 3.8) is 0 Å². The number of amides is 1. The highest BCUT2D eigenvalue weighted by molar-refractivity contribution is 5.93. The van der Waals surface area contributed by atoms with E-state index in [0.717, 1.165) is 17.7 Å². The highest BCUT2D eigenvalue weighted by Crippen LogP contribution is 2.38. The Kier molecular flexibility index (Phi) is 4.94. The summed E-state index contributed by atoms with van der Waals surface area (Å²) in [4.78, 5) is 12.8. The van der Waals surface area contributed by atoms with Gasteiger partial charge in [0.1, 0.15) is 5.69 Å². The van der Waals surface area contributed by atoms with Crippen molar-refractivity contribution >= 4 is 5.91 Å². The van der Waals surface area contributed by atoms with E-state index in [1.807, 2.05) is 19.3 Å². The van der Waals surface area contributed by atoms with Gasteiger partial charge in [-0.15, -0.1) is 0 Å². The molecule has 25 heavy (non-hydrogen) atoms. The van der Waals surface area contributed by atoms with Crippen molar-refractivity contribution in [1.82, 2.24) is 24.9 Å². The Balaban J connectivity index is 1.77. The molecule has 0 radical (unpaired) electrons. The number of aliphatic hydroxyl groups is 1. The molecule has 7 heteroatoms. The maximum absolute atomic E-state index is 12.8. The van der Waals surface area contributed by atoms with Crippen LogP contribution >= 0.6 is 0 Å². The predicted molar refractivity (Wildman–Crippen MR) is 93.9 cm³/mol. The standard InChI is InChI=1S/C18H27N5O2/c1-11(2)5-14-8-16(23(4)21-14)18(25)20-17(12-6-15(24)7-12)13-9-19-22(3)10-13/h8-12,15,17,24H,5-7H2,1-4H3,(H,20,25). The van der Waals surface area contributed by atoms with Crippen LogP contribution in [0.5, 0.6) is 0 Å². The van der Waals surface area contributed by atoms with Gasteiger partial charge in [0, 0.05) is 25.9 Å². The molecule has 2 N–H and O–H groups in total. The molecule has 2 heterocycles. The second-order valence-electron chi connectivity index (χ2n) is 7.53. The first kappa shape index (κ1) is 17.7. The lowest BCUT2D eigenvalue weighted by Crippen LogP contribution is -2.41. The van der Waals surface area contributed by atoms with Crippen molar-refractivity contribution in [2.45, 2.75) is 45.3 Å². The third kappa shape index (κ3) is 3.92. The summed E-state index contributed by atoms with van der Waals surface area (Å²) in [5.41, 5.74) is 2.46. The smallest absolute Gasteiger partial charge is 0.270 e. The number of carbonyl (C=O) groups excluding carboxylic acids is 1. The lowest BCUT2D eigenvalue weighted by atomic mass is 9.75. The van der Waals surface area contributed by atoms with E-state index in [0.29, 0.717) is 24.5 Å². The van der Waals surface area contributed by atoms with E-state index in [1.54, 1.807) is 22.6 Å². The predicted octanol–water partition coefficient (Wildman–Crippen LogP) is 1.59. The van der Waals surface area contributed by atoms with Crippen molar-refractivity contribution in [3.05, 3.63) is 35.4 Å². The molecule has 136 valence electrons. The van der Waals surface area contributed by atoms with Crippen LogP contribution in [-0.2, 0) is 20.5 Å². The lowest BCUT2D eigenvalue weighted by Gasteiger charge is -2.37. The van der Waals surface area contributed by atoms with Crippen molar-refractivity contribution in [2.24, 2.45) is 25.9 Å². The molecule has 1 aliphatic rings. The van der Waals surface area contributed by atoms with Gasteiger partial charge in [0.15, 0.2) is 0 Å². The zero-order chi connectivity index (χ0) is 18.1.